The third kappa shape index (κ3) is 2.52. The first kappa shape index (κ1) is 14.1. The van der Waals surface area contributed by atoms with Gasteiger partial charge in [0.25, 0.3) is 0 Å². The van der Waals surface area contributed by atoms with E-state index in [0.717, 1.165) is 35.4 Å². The molecular weight excluding hydrogens is 315 g/mol. The molecule has 1 aromatic heterocycles. The second-order valence-corrected chi connectivity index (χ2v) is 7.36. The molecule has 106 valence electrons. The van der Waals surface area contributed by atoms with Gasteiger partial charge in [-0.3, -0.25) is 9.19 Å². The fourth-order valence-electron chi connectivity index (χ4n) is 2.48. The number of nitrogens with zero attached hydrogens (tertiary/aromatic N) is 2. The average molecular weight is 329 g/mol. The molecule has 0 spiro atoms. The fraction of sp³-hybridized carbons (Fsp3) is 0.357. The van der Waals surface area contributed by atoms with Crippen LogP contribution in [0.3, 0.4) is 0 Å². The molecule has 20 heavy (non-hydrogen) atoms. The predicted octanol–water partition coefficient (Wildman–Crippen LogP) is 3.42. The lowest BCUT2D eigenvalue weighted by Gasteiger charge is -2.29. The Balaban J connectivity index is 2.15. The summed E-state index contributed by atoms with van der Waals surface area (Å²) in [5.41, 5.74) is 2.74. The highest BCUT2D eigenvalue weighted by Gasteiger charge is 2.19. The minimum Gasteiger partial charge on any atom is -0.369 e. The number of hydrogen-bond acceptors (Lipinski definition) is 3. The van der Waals surface area contributed by atoms with E-state index in [2.05, 4.69) is 16.0 Å². The Kier molecular flexibility index (Phi) is 3.89. The number of halogens is 2. The summed E-state index contributed by atoms with van der Waals surface area (Å²) >= 11 is 12.3. The summed E-state index contributed by atoms with van der Waals surface area (Å²) in [6.45, 7) is 3.54. The smallest absolute Gasteiger partial charge is 0.0927 e. The lowest BCUT2D eigenvalue weighted by atomic mass is 10.1. The Morgan fingerprint density at radius 1 is 1.25 bits per heavy atom. The lowest BCUT2D eigenvalue weighted by Crippen LogP contribution is -2.37. The first-order valence-electron chi connectivity index (χ1n) is 6.41. The molecule has 2 heterocycles. The molecule has 0 radical (unpaired) electrons. The highest BCUT2D eigenvalue weighted by molar-refractivity contribution is 7.85. The van der Waals surface area contributed by atoms with Crippen LogP contribution in [0.4, 0.5) is 5.69 Å². The van der Waals surface area contributed by atoms with Gasteiger partial charge in [-0.25, -0.2) is 0 Å². The molecule has 0 aliphatic carbocycles. The summed E-state index contributed by atoms with van der Waals surface area (Å²) in [4.78, 5) is 6.76. The number of benzene rings is 1. The third-order valence-electron chi connectivity index (χ3n) is 3.50. The SMILES string of the molecule is Cc1cc(N2CCS(=O)CC2)c2ccc(Cl)c(Cl)c2n1. The van der Waals surface area contributed by atoms with Gasteiger partial charge in [0.15, 0.2) is 0 Å². The van der Waals surface area contributed by atoms with E-state index in [-0.39, 0.29) is 0 Å². The molecule has 0 amide bonds. The summed E-state index contributed by atoms with van der Waals surface area (Å²) in [5, 5.41) is 2.01. The van der Waals surface area contributed by atoms with Crippen LogP contribution in [-0.4, -0.2) is 33.8 Å². The van der Waals surface area contributed by atoms with E-state index in [1.54, 1.807) is 6.07 Å². The number of anilines is 1. The van der Waals surface area contributed by atoms with Crippen LogP contribution in [0.2, 0.25) is 10.0 Å². The summed E-state index contributed by atoms with van der Waals surface area (Å²) in [6, 6.07) is 5.81. The maximum Gasteiger partial charge on any atom is 0.0927 e. The minimum absolute atomic E-state index is 0.495. The van der Waals surface area contributed by atoms with Crippen LogP contribution in [0.15, 0.2) is 18.2 Å². The molecule has 3 nitrogen and oxygen atoms in total. The van der Waals surface area contributed by atoms with E-state index in [9.17, 15) is 4.21 Å². The van der Waals surface area contributed by atoms with Gasteiger partial charge in [-0.05, 0) is 25.1 Å². The van der Waals surface area contributed by atoms with Crippen molar-refractivity contribution in [3.05, 3.63) is 33.9 Å². The van der Waals surface area contributed by atoms with Crippen molar-refractivity contribution in [3.8, 4) is 0 Å². The van der Waals surface area contributed by atoms with Crippen LogP contribution in [0.1, 0.15) is 5.69 Å². The molecule has 0 N–H and O–H groups in total. The van der Waals surface area contributed by atoms with Gasteiger partial charge in [0.05, 0.1) is 15.6 Å². The Bertz CT molecular complexity index is 695. The molecule has 1 aliphatic rings. The number of rotatable bonds is 1. The number of aromatic nitrogens is 1. The van der Waals surface area contributed by atoms with Gasteiger partial charge >= 0.3 is 0 Å². The van der Waals surface area contributed by atoms with Gasteiger partial charge in [-0.15, -0.1) is 0 Å². The van der Waals surface area contributed by atoms with Crippen molar-refractivity contribution >= 4 is 50.6 Å². The normalized spacial score (nSPS) is 16.9. The zero-order chi connectivity index (χ0) is 14.3. The maximum absolute atomic E-state index is 11.5. The van der Waals surface area contributed by atoms with Gasteiger partial charge < -0.3 is 4.90 Å². The molecule has 0 unspecified atom stereocenters. The molecule has 0 atom stereocenters. The average Bonchev–Trinajstić information content (AvgIpc) is 2.43. The molecule has 2 aromatic rings. The van der Waals surface area contributed by atoms with Crippen molar-refractivity contribution < 1.29 is 4.21 Å². The van der Waals surface area contributed by atoms with Crippen molar-refractivity contribution in [1.29, 1.82) is 0 Å². The van der Waals surface area contributed by atoms with E-state index in [0.29, 0.717) is 21.6 Å². The van der Waals surface area contributed by atoms with Gasteiger partial charge in [-0.1, -0.05) is 23.2 Å². The summed E-state index contributed by atoms with van der Waals surface area (Å²) in [6.07, 6.45) is 0. The number of hydrogen-bond donors (Lipinski definition) is 0. The first-order chi connectivity index (χ1) is 9.56. The number of pyridine rings is 1. The van der Waals surface area contributed by atoms with Crippen LogP contribution in [0, 0.1) is 6.92 Å². The van der Waals surface area contributed by atoms with Gasteiger partial charge in [0.1, 0.15) is 0 Å². The van der Waals surface area contributed by atoms with Crippen molar-refractivity contribution in [1.82, 2.24) is 4.98 Å². The highest BCUT2D eigenvalue weighted by atomic mass is 35.5. The van der Waals surface area contributed by atoms with Gasteiger partial charge in [-0.2, -0.15) is 0 Å². The van der Waals surface area contributed by atoms with Crippen molar-refractivity contribution in [2.45, 2.75) is 6.92 Å². The topological polar surface area (TPSA) is 33.2 Å². The van der Waals surface area contributed by atoms with E-state index in [1.807, 2.05) is 13.0 Å². The van der Waals surface area contributed by atoms with Gasteiger partial charge in [0, 0.05) is 52.2 Å². The van der Waals surface area contributed by atoms with Gasteiger partial charge in [0.2, 0.25) is 0 Å². The molecule has 1 aromatic carbocycles. The quantitative estimate of drug-likeness (QED) is 0.804. The standard InChI is InChI=1S/C14H14Cl2N2OS/c1-9-8-12(18-4-6-20(19)7-5-18)10-2-3-11(15)13(16)14(10)17-9/h2-3,8H,4-7H2,1H3. The monoisotopic (exact) mass is 328 g/mol. The maximum atomic E-state index is 11.5. The minimum atomic E-state index is -0.686. The van der Waals surface area contributed by atoms with Crippen LogP contribution in [0.5, 0.6) is 0 Å². The first-order valence-corrected chi connectivity index (χ1v) is 8.66. The lowest BCUT2D eigenvalue weighted by molar-refractivity contribution is 0.673. The number of aryl methyl sites for hydroxylation is 1. The Morgan fingerprint density at radius 2 is 1.95 bits per heavy atom. The van der Waals surface area contributed by atoms with E-state index in [4.69, 9.17) is 23.2 Å². The molecule has 1 aliphatic heterocycles. The van der Waals surface area contributed by atoms with E-state index < -0.39 is 10.8 Å². The molecular formula is C14H14Cl2N2OS. The van der Waals surface area contributed by atoms with Crippen molar-refractivity contribution in [2.24, 2.45) is 0 Å². The summed E-state index contributed by atoms with van der Waals surface area (Å²) in [7, 11) is -0.686. The zero-order valence-corrected chi connectivity index (χ0v) is 13.4. The Hall–Kier alpha value is -0.840. The van der Waals surface area contributed by atoms with Crippen LogP contribution in [0.25, 0.3) is 10.9 Å². The van der Waals surface area contributed by atoms with Crippen LogP contribution < -0.4 is 4.90 Å². The van der Waals surface area contributed by atoms with E-state index in [1.165, 1.54) is 0 Å². The molecule has 3 rings (SSSR count). The summed E-state index contributed by atoms with van der Waals surface area (Å²) < 4.78 is 11.5. The molecule has 1 fully saturated rings. The zero-order valence-electron chi connectivity index (χ0n) is 11.0. The molecule has 6 heteroatoms. The largest absolute Gasteiger partial charge is 0.369 e. The van der Waals surface area contributed by atoms with E-state index >= 15 is 0 Å². The Morgan fingerprint density at radius 3 is 2.65 bits per heavy atom. The third-order valence-corrected chi connectivity index (χ3v) is 5.57. The molecule has 1 saturated heterocycles. The fourth-order valence-corrected chi connectivity index (χ4v) is 3.89. The molecule has 0 saturated carbocycles. The second kappa shape index (κ2) is 5.51. The Labute approximate surface area is 130 Å². The van der Waals surface area contributed by atoms with Crippen molar-refractivity contribution in [3.63, 3.8) is 0 Å². The second-order valence-electron chi connectivity index (χ2n) is 4.88. The van der Waals surface area contributed by atoms with Crippen LogP contribution >= 0.6 is 23.2 Å². The van der Waals surface area contributed by atoms with Crippen LogP contribution in [-0.2, 0) is 10.8 Å². The molecule has 0 bridgehead atoms. The number of fused-ring (bicyclic) bond motifs is 1. The van der Waals surface area contributed by atoms with Crippen molar-refractivity contribution in [2.75, 3.05) is 29.5 Å². The highest BCUT2D eigenvalue weighted by Crippen LogP contribution is 2.35. The summed E-state index contributed by atoms with van der Waals surface area (Å²) in [5.74, 6) is 1.42. The predicted molar refractivity (Wildman–Crippen MR) is 86.6 cm³/mol.